The Balaban J connectivity index is 1.45. The van der Waals surface area contributed by atoms with Gasteiger partial charge in [-0.05, 0) is 37.4 Å². The summed E-state index contributed by atoms with van der Waals surface area (Å²) in [4.78, 5) is 10.8. The molecule has 2 heterocycles. The number of hydrogen-bond donors (Lipinski definition) is 0. The zero-order valence-corrected chi connectivity index (χ0v) is 15.1. The summed E-state index contributed by atoms with van der Waals surface area (Å²) < 4.78 is 5.43. The van der Waals surface area contributed by atoms with Gasteiger partial charge in [0.05, 0.1) is 13.2 Å². The van der Waals surface area contributed by atoms with Crippen LogP contribution in [0, 0.1) is 0 Å². The van der Waals surface area contributed by atoms with E-state index in [0.717, 1.165) is 38.0 Å². The zero-order chi connectivity index (χ0) is 16.4. The SMILES string of the molecule is CN(Cc1cnc(N2CCOCC2)s1)[C@@H]1CCCc2ccccc21. The molecule has 0 unspecified atom stereocenters. The van der Waals surface area contributed by atoms with Crippen molar-refractivity contribution in [2.45, 2.75) is 31.8 Å². The maximum Gasteiger partial charge on any atom is 0.185 e. The number of benzene rings is 1. The van der Waals surface area contributed by atoms with E-state index in [9.17, 15) is 0 Å². The molecule has 24 heavy (non-hydrogen) atoms. The highest BCUT2D eigenvalue weighted by molar-refractivity contribution is 7.15. The zero-order valence-electron chi connectivity index (χ0n) is 14.3. The summed E-state index contributed by atoms with van der Waals surface area (Å²) in [5, 5.41) is 1.14. The number of anilines is 1. The average Bonchev–Trinajstić information content (AvgIpc) is 3.10. The van der Waals surface area contributed by atoms with Crippen molar-refractivity contribution in [1.29, 1.82) is 0 Å². The molecule has 1 aliphatic carbocycles. The van der Waals surface area contributed by atoms with Crippen molar-refractivity contribution in [3.63, 3.8) is 0 Å². The van der Waals surface area contributed by atoms with Crippen LogP contribution in [0.3, 0.4) is 0 Å². The van der Waals surface area contributed by atoms with Crippen LogP contribution in [0.15, 0.2) is 30.5 Å². The Kier molecular flexibility index (Phi) is 4.83. The van der Waals surface area contributed by atoms with Gasteiger partial charge in [0, 0.05) is 36.8 Å². The molecule has 2 aromatic rings. The van der Waals surface area contributed by atoms with Crippen LogP contribution in [-0.2, 0) is 17.7 Å². The fraction of sp³-hybridized carbons (Fsp3) is 0.526. The first-order valence-corrected chi connectivity index (χ1v) is 9.68. The molecule has 4 nitrogen and oxygen atoms in total. The Hall–Kier alpha value is -1.43. The van der Waals surface area contributed by atoms with E-state index in [2.05, 4.69) is 52.3 Å². The van der Waals surface area contributed by atoms with Gasteiger partial charge in [0.25, 0.3) is 0 Å². The van der Waals surface area contributed by atoms with E-state index in [4.69, 9.17) is 4.74 Å². The van der Waals surface area contributed by atoms with Crippen molar-refractivity contribution in [3.8, 4) is 0 Å². The second-order valence-corrected chi connectivity index (χ2v) is 7.82. The van der Waals surface area contributed by atoms with E-state index >= 15 is 0 Å². The van der Waals surface area contributed by atoms with Crippen LogP contribution in [0.5, 0.6) is 0 Å². The highest BCUT2D eigenvalue weighted by atomic mass is 32.1. The van der Waals surface area contributed by atoms with Crippen molar-refractivity contribution >= 4 is 16.5 Å². The number of thiazole rings is 1. The third kappa shape index (κ3) is 3.34. The maximum absolute atomic E-state index is 5.43. The molecule has 1 aromatic heterocycles. The summed E-state index contributed by atoms with van der Waals surface area (Å²) in [6.45, 7) is 4.51. The van der Waals surface area contributed by atoms with Crippen LogP contribution in [0.4, 0.5) is 5.13 Å². The first-order chi connectivity index (χ1) is 11.8. The van der Waals surface area contributed by atoms with Crippen LogP contribution < -0.4 is 4.90 Å². The second kappa shape index (κ2) is 7.21. The number of aryl methyl sites for hydroxylation is 1. The molecule has 2 aliphatic rings. The number of fused-ring (bicyclic) bond motifs is 1. The molecule has 0 N–H and O–H groups in total. The van der Waals surface area contributed by atoms with Gasteiger partial charge in [0.15, 0.2) is 5.13 Å². The van der Waals surface area contributed by atoms with Crippen LogP contribution in [0.1, 0.15) is 34.9 Å². The van der Waals surface area contributed by atoms with Gasteiger partial charge in [-0.2, -0.15) is 0 Å². The Labute approximate surface area is 148 Å². The fourth-order valence-corrected chi connectivity index (χ4v) is 4.84. The van der Waals surface area contributed by atoms with E-state index in [1.165, 1.54) is 35.3 Å². The van der Waals surface area contributed by atoms with E-state index < -0.39 is 0 Å². The molecule has 1 aliphatic heterocycles. The van der Waals surface area contributed by atoms with Crippen molar-refractivity contribution < 1.29 is 4.74 Å². The van der Waals surface area contributed by atoms with Gasteiger partial charge in [-0.3, -0.25) is 4.90 Å². The lowest BCUT2D eigenvalue weighted by molar-refractivity contribution is 0.122. The fourth-order valence-electron chi connectivity index (χ4n) is 3.81. The number of hydrogen-bond acceptors (Lipinski definition) is 5. The summed E-state index contributed by atoms with van der Waals surface area (Å²) in [5.41, 5.74) is 3.04. The summed E-state index contributed by atoms with van der Waals surface area (Å²) >= 11 is 1.83. The molecule has 4 rings (SSSR count). The molecule has 0 bridgehead atoms. The lowest BCUT2D eigenvalue weighted by Crippen LogP contribution is -2.36. The van der Waals surface area contributed by atoms with Crippen LogP contribution in [0.25, 0.3) is 0 Å². The Morgan fingerprint density at radius 3 is 3.00 bits per heavy atom. The Morgan fingerprint density at radius 1 is 1.29 bits per heavy atom. The predicted octanol–water partition coefficient (Wildman–Crippen LogP) is 3.49. The molecule has 1 fully saturated rings. The normalized spacial score (nSPS) is 21.1. The standard InChI is InChI=1S/C19H25N3OS/c1-21(18-8-4-6-15-5-2-3-7-17(15)18)14-16-13-20-19(24-16)22-9-11-23-12-10-22/h2-3,5,7,13,18H,4,6,8-12,14H2,1H3/t18-/m1/s1. The van der Waals surface area contributed by atoms with Crippen LogP contribution in [-0.4, -0.2) is 43.2 Å². The van der Waals surface area contributed by atoms with E-state index in [0.29, 0.717) is 6.04 Å². The minimum absolute atomic E-state index is 0.531. The van der Waals surface area contributed by atoms with Gasteiger partial charge in [0.1, 0.15) is 0 Å². The molecule has 0 spiro atoms. The molecular weight excluding hydrogens is 318 g/mol. The summed E-state index contributed by atoms with van der Waals surface area (Å²) in [6, 6.07) is 9.47. The third-order valence-corrected chi connectivity index (χ3v) is 6.14. The molecular formula is C19H25N3OS. The Bertz CT molecular complexity index is 681. The number of ether oxygens (including phenoxy) is 1. The molecule has 0 saturated carbocycles. The van der Waals surface area contributed by atoms with Crippen molar-refractivity contribution in [2.24, 2.45) is 0 Å². The topological polar surface area (TPSA) is 28.6 Å². The summed E-state index contributed by atoms with van der Waals surface area (Å²) in [6.07, 6.45) is 5.82. The molecule has 1 aromatic carbocycles. The summed E-state index contributed by atoms with van der Waals surface area (Å²) in [5.74, 6) is 0. The van der Waals surface area contributed by atoms with Gasteiger partial charge in [-0.25, -0.2) is 4.98 Å². The first kappa shape index (κ1) is 16.1. The van der Waals surface area contributed by atoms with Gasteiger partial charge in [-0.15, -0.1) is 11.3 Å². The van der Waals surface area contributed by atoms with Crippen molar-refractivity contribution in [2.75, 3.05) is 38.3 Å². The largest absolute Gasteiger partial charge is 0.378 e. The van der Waals surface area contributed by atoms with Gasteiger partial charge < -0.3 is 9.64 Å². The lowest BCUT2D eigenvalue weighted by atomic mass is 9.87. The van der Waals surface area contributed by atoms with Gasteiger partial charge in [0.2, 0.25) is 0 Å². The quantitative estimate of drug-likeness (QED) is 0.850. The Morgan fingerprint density at radius 2 is 2.12 bits per heavy atom. The van der Waals surface area contributed by atoms with E-state index in [1.54, 1.807) is 0 Å². The van der Waals surface area contributed by atoms with E-state index in [1.807, 2.05) is 11.3 Å². The lowest BCUT2D eigenvalue weighted by Gasteiger charge is -2.33. The van der Waals surface area contributed by atoms with Gasteiger partial charge in [-0.1, -0.05) is 24.3 Å². The minimum atomic E-state index is 0.531. The van der Waals surface area contributed by atoms with E-state index in [-0.39, 0.29) is 0 Å². The second-order valence-electron chi connectivity index (χ2n) is 6.73. The molecule has 1 atom stereocenters. The third-order valence-electron chi connectivity index (χ3n) is 5.10. The smallest absolute Gasteiger partial charge is 0.185 e. The maximum atomic E-state index is 5.43. The highest BCUT2D eigenvalue weighted by Gasteiger charge is 2.24. The highest BCUT2D eigenvalue weighted by Crippen LogP contribution is 2.35. The number of nitrogens with zero attached hydrogens (tertiary/aromatic N) is 3. The first-order valence-electron chi connectivity index (χ1n) is 8.87. The van der Waals surface area contributed by atoms with Crippen LogP contribution >= 0.6 is 11.3 Å². The minimum Gasteiger partial charge on any atom is -0.378 e. The van der Waals surface area contributed by atoms with Crippen molar-refractivity contribution in [1.82, 2.24) is 9.88 Å². The summed E-state index contributed by atoms with van der Waals surface area (Å²) in [7, 11) is 2.25. The molecule has 128 valence electrons. The molecule has 0 radical (unpaired) electrons. The monoisotopic (exact) mass is 343 g/mol. The van der Waals surface area contributed by atoms with Crippen molar-refractivity contribution in [3.05, 3.63) is 46.5 Å². The van der Waals surface area contributed by atoms with Crippen LogP contribution in [0.2, 0.25) is 0 Å². The molecule has 1 saturated heterocycles. The number of aromatic nitrogens is 1. The molecule has 5 heteroatoms. The number of rotatable bonds is 4. The molecule has 0 amide bonds. The predicted molar refractivity (Wildman–Crippen MR) is 98.7 cm³/mol. The average molecular weight is 343 g/mol. The van der Waals surface area contributed by atoms with Gasteiger partial charge >= 0.3 is 0 Å². The number of morpholine rings is 1.